The quantitative estimate of drug-likeness (QED) is 0.568. The van der Waals surface area contributed by atoms with Crippen LogP contribution in [-0.4, -0.2) is 4.98 Å². The second-order valence-electron chi connectivity index (χ2n) is 5.29. The van der Waals surface area contributed by atoms with Gasteiger partial charge in [-0.1, -0.05) is 6.07 Å². The highest BCUT2D eigenvalue weighted by Gasteiger charge is 2.31. The van der Waals surface area contributed by atoms with Crippen molar-refractivity contribution in [2.24, 2.45) is 0 Å². The van der Waals surface area contributed by atoms with Crippen LogP contribution in [0, 0.1) is 0 Å². The standard InChI is InChI=1S/C17H10F6N2/c18-16(19,20)10-2-1-3-12(8-10)25-15-6-7-24-14-5-4-11(9-13(14)15)17(21,22)23/h1-9H,(H,24,25). The summed E-state index contributed by atoms with van der Waals surface area (Å²) in [5, 5.41) is 2.89. The Balaban J connectivity index is 2.04. The Labute approximate surface area is 138 Å². The van der Waals surface area contributed by atoms with Gasteiger partial charge in [-0.25, -0.2) is 0 Å². The molecular formula is C17H10F6N2. The number of anilines is 2. The fraction of sp³-hybridized carbons (Fsp3) is 0.118. The van der Waals surface area contributed by atoms with Crippen molar-refractivity contribution in [1.29, 1.82) is 0 Å². The van der Waals surface area contributed by atoms with Crippen LogP contribution in [0.1, 0.15) is 11.1 Å². The number of pyridine rings is 1. The minimum absolute atomic E-state index is 0.111. The molecule has 1 N–H and O–H groups in total. The van der Waals surface area contributed by atoms with E-state index in [0.29, 0.717) is 5.52 Å². The third-order valence-corrected chi connectivity index (χ3v) is 3.54. The first kappa shape index (κ1) is 17.1. The summed E-state index contributed by atoms with van der Waals surface area (Å²) in [4.78, 5) is 3.98. The average Bonchev–Trinajstić information content (AvgIpc) is 2.53. The molecule has 2 aromatic carbocycles. The number of fused-ring (bicyclic) bond motifs is 1. The van der Waals surface area contributed by atoms with Gasteiger partial charge in [-0.3, -0.25) is 4.98 Å². The zero-order valence-corrected chi connectivity index (χ0v) is 12.4. The van der Waals surface area contributed by atoms with Crippen molar-refractivity contribution < 1.29 is 26.3 Å². The molecule has 3 aromatic rings. The number of nitrogens with zero attached hydrogens (tertiary/aromatic N) is 1. The lowest BCUT2D eigenvalue weighted by molar-refractivity contribution is -0.138. The number of rotatable bonds is 2. The van der Waals surface area contributed by atoms with Gasteiger partial charge in [0.2, 0.25) is 0 Å². The second kappa shape index (κ2) is 5.94. The zero-order valence-electron chi connectivity index (χ0n) is 12.4. The van der Waals surface area contributed by atoms with Gasteiger partial charge in [0.25, 0.3) is 0 Å². The number of nitrogens with one attached hydrogen (secondary N) is 1. The molecule has 1 aromatic heterocycles. The van der Waals surface area contributed by atoms with E-state index in [9.17, 15) is 26.3 Å². The monoisotopic (exact) mass is 356 g/mol. The van der Waals surface area contributed by atoms with Crippen LogP contribution in [0.25, 0.3) is 10.9 Å². The van der Waals surface area contributed by atoms with Crippen LogP contribution < -0.4 is 5.32 Å². The number of hydrogen-bond donors (Lipinski definition) is 1. The first-order chi connectivity index (χ1) is 11.6. The Hall–Kier alpha value is -2.77. The smallest absolute Gasteiger partial charge is 0.355 e. The Morgan fingerprint density at radius 2 is 1.44 bits per heavy atom. The van der Waals surface area contributed by atoms with Crippen LogP contribution in [0.5, 0.6) is 0 Å². The summed E-state index contributed by atoms with van der Waals surface area (Å²) >= 11 is 0. The van der Waals surface area contributed by atoms with E-state index >= 15 is 0 Å². The summed E-state index contributed by atoms with van der Waals surface area (Å²) in [5.41, 5.74) is -1.08. The Bertz CT molecular complexity index is 915. The molecule has 25 heavy (non-hydrogen) atoms. The van der Waals surface area contributed by atoms with Crippen molar-refractivity contribution in [3.05, 3.63) is 65.9 Å². The molecule has 0 amide bonds. The molecule has 0 bridgehead atoms. The molecule has 0 spiro atoms. The van der Waals surface area contributed by atoms with Crippen LogP contribution >= 0.6 is 0 Å². The van der Waals surface area contributed by atoms with E-state index in [4.69, 9.17) is 0 Å². The van der Waals surface area contributed by atoms with Gasteiger partial charge in [-0.15, -0.1) is 0 Å². The van der Waals surface area contributed by atoms with E-state index in [1.807, 2.05) is 0 Å². The summed E-state index contributed by atoms with van der Waals surface area (Å²) in [6.45, 7) is 0. The largest absolute Gasteiger partial charge is 0.416 e. The summed E-state index contributed by atoms with van der Waals surface area (Å²) < 4.78 is 77.0. The van der Waals surface area contributed by atoms with E-state index in [0.717, 1.165) is 24.3 Å². The molecule has 0 atom stereocenters. The SMILES string of the molecule is FC(F)(F)c1cccc(Nc2ccnc3ccc(C(F)(F)F)cc23)c1. The van der Waals surface area contributed by atoms with Crippen molar-refractivity contribution in [1.82, 2.24) is 4.98 Å². The molecule has 1 heterocycles. The van der Waals surface area contributed by atoms with E-state index in [1.165, 1.54) is 30.5 Å². The van der Waals surface area contributed by atoms with Crippen LogP contribution in [0.2, 0.25) is 0 Å². The predicted octanol–water partition coefficient (Wildman–Crippen LogP) is 6.02. The van der Waals surface area contributed by atoms with Gasteiger partial charge in [0.05, 0.1) is 16.6 Å². The molecule has 0 fully saturated rings. The second-order valence-corrected chi connectivity index (χ2v) is 5.29. The topological polar surface area (TPSA) is 24.9 Å². The molecule has 0 radical (unpaired) electrons. The normalized spacial score (nSPS) is 12.4. The van der Waals surface area contributed by atoms with E-state index in [2.05, 4.69) is 10.3 Å². The molecule has 0 aliphatic carbocycles. The number of alkyl halides is 6. The Morgan fingerprint density at radius 3 is 2.12 bits per heavy atom. The summed E-state index contributed by atoms with van der Waals surface area (Å²) in [5.74, 6) is 0. The molecule has 2 nitrogen and oxygen atoms in total. The lowest BCUT2D eigenvalue weighted by Crippen LogP contribution is -2.06. The number of benzene rings is 2. The summed E-state index contributed by atoms with van der Waals surface area (Å²) in [6, 6.07) is 8.86. The maximum Gasteiger partial charge on any atom is 0.416 e. The maximum absolute atomic E-state index is 12.9. The highest BCUT2D eigenvalue weighted by atomic mass is 19.4. The van der Waals surface area contributed by atoms with Gasteiger partial charge >= 0.3 is 12.4 Å². The van der Waals surface area contributed by atoms with Gasteiger partial charge in [0, 0.05) is 23.0 Å². The number of halogens is 6. The number of hydrogen-bond acceptors (Lipinski definition) is 2. The minimum atomic E-state index is -4.53. The third kappa shape index (κ3) is 3.67. The van der Waals surface area contributed by atoms with Crippen LogP contribution in [0.15, 0.2) is 54.7 Å². The van der Waals surface area contributed by atoms with E-state index < -0.39 is 23.5 Å². The molecule has 0 unspecified atom stereocenters. The van der Waals surface area contributed by atoms with Crippen molar-refractivity contribution in [3.8, 4) is 0 Å². The lowest BCUT2D eigenvalue weighted by atomic mass is 10.1. The van der Waals surface area contributed by atoms with Crippen molar-refractivity contribution in [2.75, 3.05) is 5.32 Å². The number of aromatic nitrogens is 1. The molecule has 0 aliphatic heterocycles. The highest BCUT2D eigenvalue weighted by Crippen LogP contribution is 2.35. The van der Waals surface area contributed by atoms with Gasteiger partial charge in [-0.05, 0) is 42.5 Å². The molecule has 3 rings (SSSR count). The average molecular weight is 356 g/mol. The molecule has 0 aliphatic rings. The van der Waals surface area contributed by atoms with Gasteiger partial charge in [-0.2, -0.15) is 26.3 Å². The Kier molecular flexibility index (Phi) is 4.06. The van der Waals surface area contributed by atoms with Crippen LogP contribution in [0.4, 0.5) is 37.7 Å². The predicted molar refractivity (Wildman–Crippen MR) is 81.5 cm³/mol. The minimum Gasteiger partial charge on any atom is -0.355 e. The molecular weight excluding hydrogens is 346 g/mol. The summed E-state index contributed by atoms with van der Waals surface area (Å²) in [6.07, 6.45) is -7.68. The Morgan fingerprint density at radius 1 is 0.760 bits per heavy atom. The zero-order chi connectivity index (χ0) is 18.2. The van der Waals surface area contributed by atoms with Gasteiger partial charge in [0.15, 0.2) is 0 Å². The van der Waals surface area contributed by atoms with Gasteiger partial charge in [0.1, 0.15) is 0 Å². The fourth-order valence-electron chi connectivity index (χ4n) is 2.36. The first-order valence-corrected chi connectivity index (χ1v) is 7.05. The maximum atomic E-state index is 12.9. The third-order valence-electron chi connectivity index (χ3n) is 3.54. The van der Waals surface area contributed by atoms with Gasteiger partial charge < -0.3 is 5.32 Å². The molecule has 0 saturated heterocycles. The van der Waals surface area contributed by atoms with Crippen LogP contribution in [-0.2, 0) is 12.4 Å². The fourth-order valence-corrected chi connectivity index (χ4v) is 2.36. The van der Waals surface area contributed by atoms with Crippen molar-refractivity contribution in [3.63, 3.8) is 0 Å². The molecule has 130 valence electrons. The van der Waals surface area contributed by atoms with E-state index in [-0.39, 0.29) is 16.8 Å². The molecule has 0 saturated carbocycles. The van der Waals surface area contributed by atoms with E-state index in [1.54, 1.807) is 0 Å². The summed E-state index contributed by atoms with van der Waals surface area (Å²) in [7, 11) is 0. The van der Waals surface area contributed by atoms with Crippen LogP contribution in [0.3, 0.4) is 0 Å². The van der Waals surface area contributed by atoms with Crippen molar-refractivity contribution in [2.45, 2.75) is 12.4 Å². The highest BCUT2D eigenvalue weighted by molar-refractivity contribution is 5.93. The lowest BCUT2D eigenvalue weighted by Gasteiger charge is -2.13. The van der Waals surface area contributed by atoms with Crippen molar-refractivity contribution >= 4 is 22.3 Å². The molecule has 8 heteroatoms. The first-order valence-electron chi connectivity index (χ1n) is 7.05.